The van der Waals surface area contributed by atoms with Crippen molar-refractivity contribution < 1.29 is 4.79 Å². The van der Waals surface area contributed by atoms with Crippen LogP contribution < -0.4 is 0 Å². The topological polar surface area (TPSA) is 32.7 Å². The molecular formula is C7H10N2OS. The number of hydrogen-bond acceptors (Lipinski definition) is 3. The predicted molar refractivity (Wildman–Crippen MR) is 45.7 cm³/mol. The smallest absolute Gasteiger partial charge is 0.241 e. The molecule has 0 bridgehead atoms. The van der Waals surface area contributed by atoms with E-state index < -0.39 is 0 Å². The molecule has 2 heterocycles. The van der Waals surface area contributed by atoms with E-state index in [0.717, 1.165) is 24.7 Å². The maximum atomic E-state index is 11.4. The molecule has 1 saturated heterocycles. The van der Waals surface area contributed by atoms with Crippen LogP contribution in [0, 0.1) is 0 Å². The van der Waals surface area contributed by atoms with Gasteiger partial charge in [0.05, 0.1) is 5.25 Å². The Bertz CT molecular complexity index is 226. The van der Waals surface area contributed by atoms with Crippen molar-refractivity contribution in [3.05, 3.63) is 0 Å². The molecule has 1 fully saturated rings. The highest BCUT2D eigenvalue weighted by Gasteiger charge is 2.35. The van der Waals surface area contributed by atoms with Crippen molar-refractivity contribution in [3.63, 3.8) is 0 Å². The van der Waals surface area contributed by atoms with Crippen molar-refractivity contribution in [1.82, 2.24) is 4.90 Å². The van der Waals surface area contributed by atoms with Gasteiger partial charge in [-0.2, -0.15) is 0 Å². The highest BCUT2D eigenvalue weighted by molar-refractivity contribution is 8.15. The summed E-state index contributed by atoms with van der Waals surface area (Å²) in [5.41, 5.74) is 0. The quantitative estimate of drug-likeness (QED) is 0.536. The summed E-state index contributed by atoms with van der Waals surface area (Å²) in [6.45, 7) is 3.70. The molecule has 1 unspecified atom stereocenters. The highest BCUT2D eigenvalue weighted by atomic mass is 32.2. The SMILES string of the molecule is CC1SC2=NCCCN2C1=O. The van der Waals surface area contributed by atoms with Gasteiger partial charge in [0, 0.05) is 13.1 Å². The van der Waals surface area contributed by atoms with Gasteiger partial charge in [-0.25, -0.2) is 0 Å². The third kappa shape index (κ3) is 1.05. The van der Waals surface area contributed by atoms with Crippen molar-refractivity contribution in [2.24, 2.45) is 4.99 Å². The summed E-state index contributed by atoms with van der Waals surface area (Å²) >= 11 is 1.58. The fourth-order valence-corrected chi connectivity index (χ4v) is 2.34. The number of aliphatic imine (C=N–C) groups is 1. The summed E-state index contributed by atoms with van der Waals surface area (Å²) in [5.74, 6) is 0.230. The fraction of sp³-hybridized carbons (Fsp3) is 0.714. The second-order valence-electron chi connectivity index (χ2n) is 2.77. The minimum atomic E-state index is 0.0897. The molecule has 0 aromatic heterocycles. The molecular weight excluding hydrogens is 160 g/mol. The van der Waals surface area contributed by atoms with Crippen LogP contribution in [0.1, 0.15) is 13.3 Å². The fourth-order valence-electron chi connectivity index (χ4n) is 1.32. The molecule has 2 aliphatic rings. The molecule has 0 saturated carbocycles. The number of thioether (sulfide) groups is 1. The van der Waals surface area contributed by atoms with Crippen molar-refractivity contribution in [3.8, 4) is 0 Å². The van der Waals surface area contributed by atoms with Crippen LogP contribution in [0.4, 0.5) is 0 Å². The second-order valence-corrected chi connectivity index (χ2v) is 4.08. The number of carbonyl (C=O) groups is 1. The van der Waals surface area contributed by atoms with Crippen LogP contribution in [0.3, 0.4) is 0 Å². The van der Waals surface area contributed by atoms with E-state index in [1.54, 1.807) is 16.7 Å². The van der Waals surface area contributed by atoms with Gasteiger partial charge < -0.3 is 0 Å². The minimum Gasteiger partial charge on any atom is -0.291 e. The Morgan fingerprint density at radius 1 is 1.73 bits per heavy atom. The molecule has 0 radical (unpaired) electrons. The number of hydrogen-bond donors (Lipinski definition) is 0. The Kier molecular flexibility index (Phi) is 1.64. The molecule has 1 atom stereocenters. The average Bonchev–Trinajstić information content (AvgIpc) is 2.30. The van der Waals surface area contributed by atoms with Gasteiger partial charge in [-0.1, -0.05) is 11.8 Å². The molecule has 11 heavy (non-hydrogen) atoms. The van der Waals surface area contributed by atoms with Gasteiger partial charge in [-0.05, 0) is 13.3 Å². The van der Waals surface area contributed by atoms with E-state index in [4.69, 9.17) is 0 Å². The lowest BCUT2D eigenvalue weighted by Gasteiger charge is -2.19. The molecule has 0 N–H and O–H groups in total. The van der Waals surface area contributed by atoms with Gasteiger partial charge in [0.1, 0.15) is 0 Å². The van der Waals surface area contributed by atoms with Crippen molar-refractivity contribution in [2.75, 3.05) is 13.1 Å². The lowest BCUT2D eigenvalue weighted by atomic mass is 10.3. The molecule has 4 heteroatoms. The van der Waals surface area contributed by atoms with Gasteiger partial charge in [0.25, 0.3) is 0 Å². The highest BCUT2D eigenvalue weighted by Crippen LogP contribution is 2.28. The molecule has 3 nitrogen and oxygen atoms in total. The lowest BCUT2D eigenvalue weighted by molar-refractivity contribution is -0.126. The van der Waals surface area contributed by atoms with E-state index in [9.17, 15) is 4.79 Å². The van der Waals surface area contributed by atoms with Gasteiger partial charge >= 0.3 is 0 Å². The third-order valence-corrected chi connectivity index (χ3v) is 3.03. The van der Waals surface area contributed by atoms with Crippen LogP contribution >= 0.6 is 11.8 Å². The largest absolute Gasteiger partial charge is 0.291 e. The van der Waals surface area contributed by atoms with Crippen LogP contribution in [-0.2, 0) is 4.79 Å². The summed E-state index contributed by atoms with van der Waals surface area (Å²) in [7, 11) is 0. The second kappa shape index (κ2) is 2.52. The summed E-state index contributed by atoms with van der Waals surface area (Å²) in [6, 6.07) is 0. The van der Waals surface area contributed by atoms with Crippen LogP contribution in [0.15, 0.2) is 4.99 Å². The Morgan fingerprint density at radius 3 is 3.27 bits per heavy atom. The molecule has 0 aromatic rings. The van der Waals surface area contributed by atoms with Gasteiger partial charge in [0.2, 0.25) is 5.91 Å². The zero-order valence-corrected chi connectivity index (χ0v) is 7.23. The van der Waals surface area contributed by atoms with E-state index in [-0.39, 0.29) is 11.2 Å². The van der Waals surface area contributed by atoms with E-state index >= 15 is 0 Å². The predicted octanol–water partition coefficient (Wildman–Crippen LogP) is 0.710. The van der Waals surface area contributed by atoms with Crippen molar-refractivity contribution >= 4 is 22.8 Å². The monoisotopic (exact) mass is 170 g/mol. The lowest BCUT2D eigenvalue weighted by Crippen LogP contribution is -2.35. The van der Waals surface area contributed by atoms with Gasteiger partial charge in [0.15, 0.2) is 5.17 Å². The minimum absolute atomic E-state index is 0.0897. The zero-order chi connectivity index (χ0) is 7.84. The van der Waals surface area contributed by atoms with Crippen molar-refractivity contribution in [2.45, 2.75) is 18.6 Å². The maximum absolute atomic E-state index is 11.4. The number of nitrogens with zero attached hydrogens (tertiary/aromatic N) is 2. The van der Waals surface area contributed by atoms with Crippen LogP contribution in [0.25, 0.3) is 0 Å². The van der Waals surface area contributed by atoms with Crippen LogP contribution in [-0.4, -0.2) is 34.3 Å². The normalized spacial score (nSPS) is 30.3. The first kappa shape index (κ1) is 7.16. The summed E-state index contributed by atoms with van der Waals surface area (Å²) in [5, 5.41) is 1.03. The Morgan fingerprint density at radius 2 is 2.55 bits per heavy atom. The summed E-state index contributed by atoms with van der Waals surface area (Å²) in [4.78, 5) is 17.4. The molecule has 1 amide bonds. The molecule has 0 spiro atoms. The maximum Gasteiger partial charge on any atom is 0.241 e. The standard InChI is InChI=1S/C7H10N2OS/c1-5-6(10)9-4-2-3-8-7(9)11-5/h5H,2-4H2,1H3. The molecule has 60 valence electrons. The number of amidine groups is 1. The Labute approximate surface area is 69.9 Å². The molecule has 0 aromatic carbocycles. The van der Waals surface area contributed by atoms with E-state index in [1.807, 2.05) is 6.92 Å². The zero-order valence-electron chi connectivity index (χ0n) is 6.41. The average molecular weight is 170 g/mol. The first-order valence-corrected chi connectivity index (χ1v) is 4.69. The number of rotatable bonds is 0. The molecule has 2 rings (SSSR count). The third-order valence-electron chi connectivity index (χ3n) is 1.91. The van der Waals surface area contributed by atoms with Gasteiger partial charge in [-0.3, -0.25) is 14.7 Å². The number of fused-ring (bicyclic) bond motifs is 1. The van der Waals surface area contributed by atoms with Crippen LogP contribution in [0.2, 0.25) is 0 Å². The van der Waals surface area contributed by atoms with Gasteiger partial charge in [-0.15, -0.1) is 0 Å². The first-order valence-electron chi connectivity index (χ1n) is 3.81. The van der Waals surface area contributed by atoms with E-state index in [0.29, 0.717) is 0 Å². The van der Waals surface area contributed by atoms with E-state index in [2.05, 4.69) is 4.99 Å². The summed E-state index contributed by atoms with van der Waals surface area (Å²) in [6.07, 6.45) is 1.02. The van der Waals surface area contributed by atoms with E-state index in [1.165, 1.54) is 0 Å². The Hall–Kier alpha value is -0.510. The number of amides is 1. The first-order chi connectivity index (χ1) is 5.29. The van der Waals surface area contributed by atoms with Crippen LogP contribution in [0.5, 0.6) is 0 Å². The number of carbonyl (C=O) groups excluding carboxylic acids is 1. The summed E-state index contributed by atoms with van der Waals surface area (Å²) < 4.78 is 0. The Balaban J connectivity index is 2.26. The molecule has 2 aliphatic heterocycles. The molecule has 0 aliphatic carbocycles. The van der Waals surface area contributed by atoms with Crippen molar-refractivity contribution in [1.29, 1.82) is 0 Å².